The van der Waals surface area contributed by atoms with Crippen molar-refractivity contribution in [3.63, 3.8) is 0 Å². The molecule has 1 aromatic carbocycles. The summed E-state index contributed by atoms with van der Waals surface area (Å²) in [5.74, 6) is 0.602. The van der Waals surface area contributed by atoms with E-state index in [2.05, 4.69) is 10.4 Å². The van der Waals surface area contributed by atoms with E-state index in [1.807, 2.05) is 11.7 Å². The second-order valence-corrected chi connectivity index (χ2v) is 7.29. The van der Waals surface area contributed by atoms with Gasteiger partial charge in [-0.15, -0.1) is 0 Å². The number of nitrogens with one attached hydrogen (secondary N) is 1. The molecule has 0 aliphatic heterocycles. The van der Waals surface area contributed by atoms with E-state index < -0.39 is 17.8 Å². The number of halogens is 3. The molecule has 2 aromatic heterocycles. The van der Waals surface area contributed by atoms with Crippen LogP contribution in [0, 0.1) is 0 Å². The normalized spacial score (nSPS) is 13.3. The van der Waals surface area contributed by atoms with Crippen molar-refractivity contribution in [2.75, 3.05) is 5.32 Å². The third-order valence-electron chi connectivity index (χ3n) is 5.22. The van der Waals surface area contributed by atoms with Crippen LogP contribution in [0.15, 0.2) is 47.1 Å². The molecule has 0 atom stereocenters. The van der Waals surface area contributed by atoms with Crippen LogP contribution in [0.4, 0.5) is 23.7 Å². The molecular weight excluding hydrogens is 397 g/mol. The summed E-state index contributed by atoms with van der Waals surface area (Å²) >= 11 is 0. The molecule has 0 bridgehead atoms. The van der Waals surface area contributed by atoms with E-state index in [-0.39, 0.29) is 18.8 Å². The molecule has 0 saturated heterocycles. The number of rotatable bonds is 5. The van der Waals surface area contributed by atoms with Gasteiger partial charge in [-0.05, 0) is 61.2 Å². The highest BCUT2D eigenvalue weighted by molar-refractivity contribution is 5.89. The number of carbonyl (C=O) groups excluding carboxylic acids is 1. The van der Waals surface area contributed by atoms with Gasteiger partial charge in [-0.3, -0.25) is 4.68 Å². The van der Waals surface area contributed by atoms with E-state index in [0.29, 0.717) is 5.76 Å². The van der Waals surface area contributed by atoms with E-state index >= 15 is 0 Å². The summed E-state index contributed by atoms with van der Waals surface area (Å²) in [6, 6.07) is 7.43. The maximum absolute atomic E-state index is 12.9. The number of alkyl halides is 3. The molecule has 4 rings (SSSR count). The van der Waals surface area contributed by atoms with Crippen molar-refractivity contribution >= 4 is 11.7 Å². The third-order valence-corrected chi connectivity index (χ3v) is 5.22. The Bertz CT molecular complexity index is 1020. The molecule has 2 heterocycles. The van der Waals surface area contributed by atoms with Crippen molar-refractivity contribution in [1.29, 1.82) is 0 Å². The van der Waals surface area contributed by atoms with Gasteiger partial charge in [-0.1, -0.05) is 0 Å². The standard InChI is InChI=1S/C21H21F3N4O2/c1-27-19-6-2-5-17(19)18(26-27)13-28(12-16-4-3-11-30-16)20(29)25-15-9-7-14(8-10-15)21(22,23)24/h3-4,7-11H,2,5-6,12-13H2,1H3,(H,25,29). The zero-order chi connectivity index (χ0) is 21.3. The van der Waals surface area contributed by atoms with Crippen molar-refractivity contribution in [2.45, 2.75) is 38.5 Å². The minimum absolute atomic E-state index is 0.213. The first-order chi connectivity index (χ1) is 14.3. The van der Waals surface area contributed by atoms with Gasteiger partial charge in [0.25, 0.3) is 0 Å². The summed E-state index contributed by atoms with van der Waals surface area (Å²) < 4.78 is 45.5. The number of benzene rings is 1. The SMILES string of the molecule is Cn1nc(CN(Cc2ccco2)C(=O)Nc2ccc(C(F)(F)F)cc2)c2c1CCC2. The maximum Gasteiger partial charge on any atom is 0.416 e. The van der Waals surface area contributed by atoms with Gasteiger partial charge in [0.1, 0.15) is 5.76 Å². The Morgan fingerprint density at radius 1 is 1.20 bits per heavy atom. The van der Waals surface area contributed by atoms with E-state index in [4.69, 9.17) is 4.42 Å². The molecule has 0 spiro atoms. The first-order valence-electron chi connectivity index (χ1n) is 9.60. The van der Waals surface area contributed by atoms with Gasteiger partial charge in [0.05, 0.1) is 30.6 Å². The summed E-state index contributed by atoms with van der Waals surface area (Å²) in [5.41, 5.74) is 2.70. The number of aryl methyl sites for hydroxylation is 1. The van der Waals surface area contributed by atoms with E-state index in [0.717, 1.165) is 37.1 Å². The maximum atomic E-state index is 12.9. The van der Waals surface area contributed by atoms with Crippen molar-refractivity contribution in [3.8, 4) is 0 Å². The summed E-state index contributed by atoms with van der Waals surface area (Å²) in [6.07, 6.45) is 0.0549. The number of fused-ring (bicyclic) bond motifs is 1. The number of nitrogens with zero attached hydrogens (tertiary/aromatic N) is 3. The molecule has 0 unspecified atom stereocenters. The Morgan fingerprint density at radius 2 is 1.97 bits per heavy atom. The highest BCUT2D eigenvalue weighted by atomic mass is 19.4. The molecule has 1 aliphatic carbocycles. The molecule has 6 nitrogen and oxygen atoms in total. The van der Waals surface area contributed by atoms with Crippen LogP contribution in [0.1, 0.15) is 34.7 Å². The van der Waals surface area contributed by atoms with Gasteiger partial charge in [-0.25, -0.2) is 4.79 Å². The van der Waals surface area contributed by atoms with Crippen LogP contribution in [-0.4, -0.2) is 20.7 Å². The lowest BCUT2D eigenvalue weighted by Crippen LogP contribution is -2.34. The molecular formula is C21H21F3N4O2. The molecule has 30 heavy (non-hydrogen) atoms. The second-order valence-electron chi connectivity index (χ2n) is 7.29. The largest absolute Gasteiger partial charge is 0.467 e. The van der Waals surface area contributed by atoms with E-state index in [1.165, 1.54) is 34.6 Å². The fourth-order valence-corrected chi connectivity index (χ4v) is 3.74. The van der Waals surface area contributed by atoms with Crippen LogP contribution in [-0.2, 0) is 39.2 Å². The fraction of sp³-hybridized carbons (Fsp3) is 0.333. The number of urea groups is 1. The number of anilines is 1. The number of carbonyl (C=O) groups is 1. The number of hydrogen-bond acceptors (Lipinski definition) is 3. The summed E-state index contributed by atoms with van der Waals surface area (Å²) in [5, 5.41) is 7.24. The number of amides is 2. The average molecular weight is 418 g/mol. The summed E-state index contributed by atoms with van der Waals surface area (Å²) in [6.45, 7) is 0.487. The molecule has 1 aliphatic rings. The summed E-state index contributed by atoms with van der Waals surface area (Å²) in [7, 11) is 1.90. The van der Waals surface area contributed by atoms with Gasteiger partial charge >= 0.3 is 12.2 Å². The molecule has 9 heteroatoms. The fourth-order valence-electron chi connectivity index (χ4n) is 3.74. The third kappa shape index (κ3) is 4.19. The van der Waals surface area contributed by atoms with Crippen molar-refractivity contribution in [1.82, 2.24) is 14.7 Å². The molecule has 158 valence electrons. The lowest BCUT2D eigenvalue weighted by molar-refractivity contribution is -0.137. The average Bonchev–Trinajstić information content (AvgIpc) is 3.42. The zero-order valence-electron chi connectivity index (χ0n) is 16.4. The molecule has 0 saturated carbocycles. The van der Waals surface area contributed by atoms with Gasteiger partial charge in [0.2, 0.25) is 0 Å². The predicted molar refractivity (Wildman–Crippen MR) is 104 cm³/mol. The van der Waals surface area contributed by atoms with Gasteiger partial charge in [-0.2, -0.15) is 18.3 Å². The zero-order valence-corrected chi connectivity index (χ0v) is 16.4. The smallest absolute Gasteiger partial charge is 0.416 e. The number of furan rings is 1. The monoisotopic (exact) mass is 418 g/mol. The Morgan fingerprint density at radius 3 is 2.63 bits per heavy atom. The van der Waals surface area contributed by atoms with Crippen molar-refractivity contribution in [3.05, 3.63) is 70.9 Å². The molecule has 3 aromatic rings. The minimum atomic E-state index is -4.42. The predicted octanol–water partition coefficient (Wildman–Crippen LogP) is 4.75. The first-order valence-corrected chi connectivity index (χ1v) is 9.60. The lowest BCUT2D eigenvalue weighted by Gasteiger charge is -2.22. The number of hydrogen-bond donors (Lipinski definition) is 1. The van der Waals surface area contributed by atoms with Crippen LogP contribution in [0.3, 0.4) is 0 Å². The second kappa shape index (κ2) is 7.89. The van der Waals surface area contributed by atoms with Gasteiger partial charge in [0, 0.05) is 18.4 Å². The Hall–Kier alpha value is -3.23. The van der Waals surface area contributed by atoms with Crippen LogP contribution in [0.2, 0.25) is 0 Å². The van der Waals surface area contributed by atoms with Crippen LogP contribution >= 0.6 is 0 Å². The quantitative estimate of drug-likeness (QED) is 0.650. The first kappa shape index (κ1) is 20.1. The van der Waals surface area contributed by atoms with Gasteiger partial charge < -0.3 is 14.6 Å². The Labute approximate surface area is 171 Å². The number of aromatic nitrogens is 2. The van der Waals surface area contributed by atoms with Crippen molar-refractivity contribution < 1.29 is 22.4 Å². The van der Waals surface area contributed by atoms with E-state index in [1.54, 1.807) is 12.1 Å². The lowest BCUT2D eigenvalue weighted by atomic mass is 10.2. The molecule has 2 amide bonds. The summed E-state index contributed by atoms with van der Waals surface area (Å²) in [4.78, 5) is 14.5. The van der Waals surface area contributed by atoms with Crippen LogP contribution in [0.5, 0.6) is 0 Å². The van der Waals surface area contributed by atoms with Crippen LogP contribution < -0.4 is 5.32 Å². The Balaban J connectivity index is 1.53. The highest BCUT2D eigenvalue weighted by Crippen LogP contribution is 2.30. The highest BCUT2D eigenvalue weighted by Gasteiger charge is 2.30. The Kier molecular flexibility index (Phi) is 5.27. The molecule has 1 N–H and O–H groups in total. The van der Waals surface area contributed by atoms with E-state index in [9.17, 15) is 18.0 Å². The molecule has 0 radical (unpaired) electrons. The van der Waals surface area contributed by atoms with Gasteiger partial charge in [0.15, 0.2) is 0 Å². The van der Waals surface area contributed by atoms with Crippen molar-refractivity contribution in [2.24, 2.45) is 7.05 Å². The van der Waals surface area contributed by atoms with Crippen LogP contribution in [0.25, 0.3) is 0 Å². The molecule has 0 fully saturated rings. The minimum Gasteiger partial charge on any atom is -0.467 e. The topological polar surface area (TPSA) is 63.3 Å².